The molecule has 0 saturated carbocycles. The van der Waals surface area contributed by atoms with Crippen molar-refractivity contribution in [3.63, 3.8) is 0 Å². The summed E-state index contributed by atoms with van der Waals surface area (Å²) in [6.07, 6.45) is 5.68. The van der Waals surface area contributed by atoms with Gasteiger partial charge in [-0.05, 0) is 24.3 Å². The minimum Gasteiger partial charge on any atom is -0.502 e. The van der Waals surface area contributed by atoms with E-state index < -0.39 is 17.5 Å². The summed E-state index contributed by atoms with van der Waals surface area (Å²) >= 11 is 0. The Morgan fingerprint density at radius 2 is 1.84 bits per heavy atom. The zero-order chi connectivity index (χ0) is 13.8. The molecule has 0 spiro atoms. The number of aromatic nitrogens is 2. The molecule has 0 saturated heterocycles. The predicted molar refractivity (Wildman–Crippen MR) is 66.2 cm³/mol. The molecule has 0 fully saturated rings. The summed E-state index contributed by atoms with van der Waals surface area (Å²) in [5, 5.41) is 17.5. The maximum absolute atomic E-state index is 11.6. The lowest BCUT2D eigenvalue weighted by Crippen LogP contribution is -2.04. The van der Waals surface area contributed by atoms with Gasteiger partial charge in [-0.25, -0.2) is 9.78 Å². The summed E-state index contributed by atoms with van der Waals surface area (Å²) in [7, 11) is 0. The molecule has 0 aliphatic rings. The lowest BCUT2D eigenvalue weighted by molar-refractivity contribution is -0.135. The minimum atomic E-state index is -1.54. The van der Waals surface area contributed by atoms with Crippen molar-refractivity contribution < 1.29 is 19.8 Å². The van der Waals surface area contributed by atoms with Gasteiger partial charge in [0.25, 0.3) is 0 Å². The monoisotopic (exact) mass is 258 g/mol. The Morgan fingerprint density at radius 3 is 2.37 bits per heavy atom. The number of benzene rings is 1. The molecule has 1 heterocycles. The standard InChI is InChI=1S/C13H10N2O4/c16-11(7-12(17)13(18)19)9-1-3-10(4-2-9)15-6-5-14-8-15/h1-8,17H,(H,18,19)/b12-7-. The van der Waals surface area contributed by atoms with Crippen LogP contribution in [0, 0.1) is 0 Å². The van der Waals surface area contributed by atoms with E-state index in [4.69, 9.17) is 10.2 Å². The molecule has 2 aromatic rings. The Morgan fingerprint density at radius 1 is 1.16 bits per heavy atom. The highest BCUT2D eigenvalue weighted by molar-refractivity contribution is 6.07. The SMILES string of the molecule is O=C(O)/C(O)=C/C(=O)c1ccc(-n2ccnc2)cc1. The van der Waals surface area contributed by atoms with Crippen molar-refractivity contribution in [2.24, 2.45) is 0 Å². The van der Waals surface area contributed by atoms with Crippen LogP contribution in [0.1, 0.15) is 10.4 Å². The summed E-state index contributed by atoms with van der Waals surface area (Å²) in [5.41, 5.74) is 1.11. The molecule has 6 heteroatoms. The number of ketones is 1. The predicted octanol–water partition coefficient (Wildman–Crippen LogP) is 1.58. The fraction of sp³-hybridized carbons (Fsp3) is 0. The quantitative estimate of drug-likeness (QED) is 0.493. The first kappa shape index (κ1) is 12.6. The Kier molecular flexibility index (Phi) is 3.42. The first-order valence-corrected chi connectivity index (χ1v) is 5.34. The number of carboxylic acids is 1. The van der Waals surface area contributed by atoms with Gasteiger partial charge in [0.2, 0.25) is 5.76 Å². The van der Waals surface area contributed by atoms with E-state index in [1.807, 2.05) is 0 Å². The molecular weight excluding hydrogens is 248 g/mol. The average molecular weight is 258 g/mol. The van der Waals surface area contributed by atoms with Crippen molar-refractivity contribution in [1.29, 1.82) is 0 Å². The van der Waals surface area contributed by atoms with Gasteiger partial charge in [-0.1, -0.05) is 0 Å². The lowest BCUT2D eigenvalue weighted by atomic mass is 10.1. The lowest BCUT2D eigenvalue weighted by Gasteiger charge is -2.02. The molecule has 0 aliphatic carbocycles. The first-order chi connectivity index (χ1) is 9.08. The Bertz CT molecular complexity index is 627. The van der Waals surface area contributed by atoms with Gasteiger partial charge in [-0.2, -0.15) is 0 Å². The van der Waals surface area contributed by atoms with Crippen LogP contribution in [0.15, 0.2) is 54.8 Å². The molecule has 0 aliphatic heterocycles. The number of aliphatic carboxylic acids is 1. The van der Waals surface area contributed by atoms with Crippen molar-refractivity contribution in [1.82, 2.24) is 9.55 Å². The van der Waals surface area contributed by atoms with E-state index in [9.17, 15) is 9.59 Å². The molecule has 0 bridgehead atoms. The number of carboxylic acid groups (broad SMARTS) is 1. The second-order valence-corrected chi connectivity index (χ2v) is 3.72. The van der Waals surface area contributed by atoms with E-state index in [-0.39, 0.29) is 5.56 Å². The number of aliphatic hydroxyl groups is 1. The molecule has 0 amide bonds. The third-order valence-corrected chi connectivity index (χ3v) is 2.44. The Labute approximate surface area is 108 Å². The number of carbonyl (C=O) groups excluding carboxylic acids is 1. The largest absolute Gasteiger partial charge is 0.502 e. The number of hydrogen-bond donors (Lipinski definition) is 2. The van der Waals surface area contributed by atoms with Gasteiger partial charge in [0.15, 0.2) is 5.78 Å². The zero-order valence-electron chi connectivity index (χ0n) is 9.72. The van der Waals surface area contributed by atoms with Crippen LogP contribution in [-0.2, 0) is 4.79 Å². The van der Waals surface area contributed by atoms with E-state index in [1.54, 1.807) is 47.6 Å². The summed E-state index contributed by atoms with van der Waals surface area (Å²) in [6, 6.07) is 6.48. The molecule has 0 unspecified atom stereocenters. The summed E-state index contributed by atoms with van der Waals surface area (Å²) in [4.78, 5) is 25.9. The van der Waals surface area contributed by atoms with Crippen LogP contribution < -0.4 is 0 Å². The van der Waals surface area contributed by atoms with Crippen molar-refractivity contribution >= 4 is 11.8 Å². The van der Waals surface area contributed by atoms with Gasteiger partial charge >= 0.3 is 5.97 Å². The molecular formula is C13H10N2O4. The van der Waals surface area contributed by atoms with Gasteiger partial charge in [0.05, 0.1) is 6.33 Å². The Hall–Kier alpha value is -2.89. The van der Waals surface area contributed by atoms with E-state index in [0.29, 0.717) is 6.08 Å². The van der Waals surface area contributed by atoms with Crippen LogP contribution >= 0.6 is 0 Å². The Balaban J connectivity index is 2.22. The van der Waals surface area contributed by atoms with Crippen LogP contribution in [0.5, 0.6) is 0 Å². The number of hydrogen-bond acceptors (Lipinski definition) is 4. The number of imidazole rings is 1. The van der Waals surface area contributed by atoms with Gasteiger partial charge in [-0.3, -0.25) is 4.79 Å². The second-order valence-electron chi connectivity index (χ2n) is 3.72. The summed E-state index contributed by atoms with van der Waals surface area (Å²) in [5.74, 6) is -3.09. The molecule has 96 valence electrons. The van der Waals surface area contributed by atoms with Gasteiger partial charge in [0, 0.05) is 29.7 Å². The second kappa shape index (κ2) is 5.18. The number of nitrogens with zero attached hydrogens (tertiary/aromatic N) is 2. The number of carbonyl (C=O) groups is 2. The van der Waals surface area contributed by atoms with Crippen molar-refractivity contribution in [3.05, 3.63) is 60.4 Å². The highest BCUT2D eigenvalue weighted by Gasteiger charge is 2.09. The summed E-state index contributed by atoms with van der Waals surface area (Å²) < 4.78 is 1.76. The highest BCUT2D eigenvalue weighted by Crippen LogP contribution is 2.10. The minimum absolute atomic E-state index is 0.289. The smallest absolute Gasteiger partial charge is 0.371 e. The normalized spacial score (nSPS) is 11.3. The maximum Gasteiger partial charge on any atom is 0.371 e. The van der Waals surface area contributed by atoms with E-state index in [0.717, 1.165) is 5.69 Å². The molecule has 6 nitrogen and oxygen atoms in total. The maximum atomic E-state index is 11.6. The molecule has 19 heavy (non-hydrogen) atoms. The van der Waals surface area contributed by atoms with Crippen molar-refractivity contribution in [3.8, 4) is 5.69 Å². The average Bonchev–Trinajstić information content (AvgIpc) is 2.92. The van der Waals surface area contributed by atoms with E-state index in [2.05, 4.69) is 4.98 Å². The van der Waals surface area contributed by atoms with Gasteiger partial charge in [-0.15, -0.1) is 0 Å². The van der Waals surface area contributed by atoms with Crippen LogP contribution in [0.4, 0.5) is 0 Å². The first-order valence-electron chi connectivity index (χ1n) is 5.34. The van der Waals surface area contributed by atoms with E-state index in [1.165, 1.54) is 0 Å². The van der Waals surface area contributed by atoms with Crippen LogP contribution in [-0.4, -0.2) is 31.5 Å². The van der Waals surface area contributed by atoms with Crippen molar-refractivity contribution in [2.75, 3.05) is 0 Å². The number of allylic oxidation sites excluding steroid dienone is 1. The van der Waals surface area contributed by atoms with Crippen LogP contribution in [0.3, 0.4) is 0 Å². The van der Waals surface area contributed by atoms with Gasteiger partial charge < -0.3 is 14.8 Å². The molecule has 2 N–H and O–H groups in total. The highest BCUT2D eigenvalue weighted by atomic mass is 16.4. The molecule has 0 atom stereocenters. The fourth-order valence-electron chi connectivity index (χ4n) is 1.48. The topological polar surface area (TPSA) is 92.4 Å². The molecule has 2 rings (SSSR count). The zero-order valence-corrected chi connectivity index (χ0v) is 9.72. The van der Waals surface area contributed by atoms with Gasteiger partial charge in [0.1, 0.15) is 0 Å². The third-order valence-electron chi connectivity index (χ3n) is 2.44. The third kappa shape index (κ3) is 2.86. The molecule has 1 aromatic heterocycles. The summed E-state index contributed by atoms with van der Waals surface area (Å²) in [6.45, 7) is 0. The van der Waals surface area contributed by atoms with E-state index >= 15 is 0 Å². The van der Waals surface area contributed by atoms with Crippen LogP contribution in [0.25, 0.3) is 5.69 Å². The number of aliphatic hydroxyl groups excluding tert-OH is 1. The number of rotatable bonds is 4. The van der Waals surface area contributed by atoms with Crippen LogP contribution in [0.2, 0.25) is 0 Å². The molecule has 1 aromatic carbocycles. The van der Waals surface area contributed by atoms with Crippen molar-refractivity contribution in [2.45, 2.75) is 0 Å². The molecule has 0 radical (unpaired) electrons. The fourth-order valence-corrected chi connectivity index (χ4v) is 1.48.